The molecule has 0 radical (unpaired) electrons. The Morgan fingerprint density at radius 1 is 1.29 bits per heavy atom. The molecule has 3 nitrogen and oxygen atoms in total. The van der Waals surface area contributed by atoms with Crippen LogP contribution in [-0.2, 0) is 4.79 Å². The van der Waals surface area contributed by atoms with Crippen molar-refractivity contribution in [3.8, 4) is 0 Å². The number of nitrogens with one attached hydrogen (secondary N) is 1. The number of rotatable bonds is 5. The van der Waals surface area contributed by atoms with E-state index in [4.69, 9.17) is 0 Å². The van der Waals surface area contributed by atoms with E-state index in [-0.39, 0.29) is 5.41 Å². The number of carbonyl (C=O) groups excluding carboxylic acids is 1. The zero-order valence-corrected chi connectivity index (χ0v) is 11.3. The van der Waals surface area contributed by atoms with Gasteiger partial charge in [-0.05, 0) is 51.1 Å². The minimum Gasteiger partial charge on any atom is -0.342 e. The van der Waals surface area contributed by atoms with Crippen molar-refractivity contribution >= 4 is 5.91 Å². The van der Waals surface area contributed by atoms with Crippen molar-refractivity contribution in [2.75, 3.05) is 26.2 Å². The quantitative estimate of drug-likeness (QED) is 0.795. The van der Waals surface area contributed by atoms with Crippen LogP contribution in [0.5, 0.6) is 0 Å². The summed E-state index contributed by atoms with van der Waals surface area (Å²) in [7, 11) is 0. The maximum absolute atomic E-state index is 12.3. The van der Waals surface area contributed by atoms with Gasteiger partial charge in [-0.1, -0.05) is 13.8 Å². The molecule has 0 aromatic carbocycles. The molecule has 1 aliphatic carbocycles. The van der Waals surface area contributed by atoms with Gasteiger partial charge in [0.25, 0.3) is 0 Å². The van der Waals surface area contributed by atoms with Crippen molar-refractivity contribution in [1.82, 2.24) is 10.2 Å². The highest BCUT2D eigenvalue weighted by Gasteiger charge is 2.50. The lowest BCUT2D eigenvalue weighted by atomic mass is 9.94. The van der Waals surface area contributed by atoms with Crippen molar-refractivity contribution < 1.29 is 4.79 Å². The molecule has 0 aromatic heterocycles. The fourth-order valence-corrected chi connectivity index (χ4v) is 2.89. The van der Waals surface area contributed by atoms with Crippen LogP contribution in [-0.4, -0.2) is 37.0 Å². The number of hydrogen-bond donors (Lipinski definition) is 1. The van der Waals surface area contributed by atoms with Gasteiger partial charge >= 0.3 is 0 Å². The van der Waals surface area contributed by atoms with Crippen LogP contribution < -0.4 is 5.32 Å². The smallest absolute Gasteiger partial charge is 0.228 e. The lowest BCUT2D eigenvalue weighted by Crippen LogP contribution is -2.44. The van der Waals surface area contributed by atoms with Crippen LogP contribution in [0.3, 0.4) is 0 Å². The molecule has 2 rings (SSSR count). The lowest BCUT2D eigenvalue weighted by molar-refractivity contribution is -0.138. The zero-order valence-electron chi connectivity index (χ0n) is 11.3. The number of nitrogens with zero attached hydrogens (tertiary/aromatic N) is 1. The molecule has 17 heavy (non-hydrogen) atoms. The first kappa shape index (κ1) is 12.9. The highest BCUT2D eigenvalue weighted by Crippen LogP contribution is 2.50. The topological polar surface area (TPSA) is 32.3 Å². The first-order valence-electron chi connectivity index (χ1n) is 7.22. The van der Waals surface area contributed by atoms with Gasteiger partial charge in [-0.3, -0.25) is 4.79 Å². The Morgan fingerprint density at radius 2 is 1.94 bits per heavy atom. The van der Waals surface area contributed by atoms with Crippen LogP contribution in [0.25, 0.3) is 0 Å². The van der Waals surface area contributed by atoms with Crippen molar-refractivity contribution in [3.63, 3.8) is 0 Å². The monoisotopic (exact) mass is 238 g/mol. The van der Waals surface area contributed by atoms with Gasteiger partial charge in [0.1, 0.15) is 0 Å². The molecule has 0 atom stereocenters. The summed E-state index contributed by atoms with van der Waals surface area (Å²) in [4.78, 5) is 14.5. The Morgan fingerprint density at radius 3 is 2.41 bits per heavy atom. The summed E-state index contributed by atoms with van der Waals surface area (Å²) in [5.41, 5.74) is 0.0640. The van der Waals surface area contributed by atoms with E-state index >= 15 is 0 Å². The van der Waals surface area contributed by atoms with Crippen molar-refractivity contribution in [3.05, 3.63) is 0 Å². The highest BCUT2D eigenvalue weighted by atomic mass is 16.2. The van der Waals surface area contributed by atoms with E-state index < -0.39 is 0 Å². The largest absolute Gasteiger partial charge is 0.342 e. The Balaban J connectivity index is 1.77. The zero-order chi connectivity index (χ0) is 12.3. The van der Waals surface area contributed by atoms with E-state index in [2.05, 4.69) is 24.1 Å². The number of likely N-dealkylation sites (tertiary alicyclic amines) is 1. The second kappa shape index (κ2) is 5.38. The summed E-state index contributed by atoms with van der Waals surface area (Å²) in [6.07, 6.45) is 5.64. The summed E-state index contributed by atoms with van der Waals surface area (Å²) < 4.78 is 0. The van der Waals surface area contributed by atoms with Gasteiger partial charge in [-0.2, -0.15) is 0 Å². The van der Waals surface area contributed by atoms with Crippen molar-refractivity contribution in [1.29, 1.82) is 0 Å². The van der Waals surface area contributed by atoms with Crippen LogP contribution in [0.4, 0.5) is 0 Å². The first-order valence-corrected chi connectivity index (χ1v) is 7.22. The second-order valence-corrected chi connectivity index (χ2v) is 5.68. The molecule has 1 aliphatic heterocycles. The maximum Gasteiger partial charge on any atom is 0.228 e. The minimum atomic E-state index is 0.0640. The van der Waals surface area contributed by atoms with E-state index in [1.165, 1.54) is 12.8 Å². The Bertz CT molecular complexity index is 265. The average Bonchev–Trinajstić information content (AvgIpc) is 3.17. The molecule has 2 fully saturated rings. The molecule has 1 N–H and O–H groups in total. The van der Waals surface area contributed by atoms with E-state index in [1.807, 2.05) is 0 Å². The molecule has 1 amide bonds. The van der Waals surface area contributed by atoms with Gasteiger partial charge in [0, 0.05) is 18.5 Å². The third-order valence-corrected chi connectivity index (χ3v) is 4.57. The Kier molecular flexibility index (Phi) is 4.08. The standard InChI is InChI=1S/C14H26N2O/c1-3-14(7-8-14)13(17)16-9-5-12(6-10-16)11-15-4-2/h12,15H,3-11H2,1-2H3. The van der Waals surface area contributed by atoms with Gasteiger partial charge in [-0.15, -0.1) is 0 Å². The lowest BCUT2D eigenvalue weighted by Gasteiger charge is -2.34. The Hall–Kier alpha value is -0.570. The molecule has 2 aliphatic rings. The molecular formula is C14H26N2O. The molecule has 98 valence electrons. The number of carbonyl (C=O) groups is 1. The van der Waals surface area contributed by atoms with Gasteiger partial charge < -0.3 is 10.2 Å². The third-order valence-electron chi connectivity index (χ3n) is 4.57. The van der Waals surface area contributed by atoms with E-state index in [1.54, 1.807) is 0 Å². The molecule has 3 heteroatoms. The van der Waals surface area contributed by atoms with Gasteiger partial charge in [0.2, 0.25) is 5.91 Å². The SMILES string of the molecule is CCNCC1CCN(C(=O)C2(CC)CC2)CC1. The Labute approximate surface area is 105 Å². The van der Waals surface area contributed by atoms with Crippen LogP contribution in [0.1, 0.15) is 46.0 Å². The molecule has 0 aromatic rings. The average molecular weight is 238 g/mol. The minimum absolute atomic E-state index is 0.0640. The van der Waals surface area contributed by atoms with Crippen molar-refractivity contribution in [2.45, 2.75) is 46.0 Å². The van der Waals surface area contributed by atoms with Crippen molar-refractivity contribution in [2.24, 2.45) is 11.3 Å². The normalized spacial score (nSPS) is 23.8. The number of hydrogen-bond acceptors (Lipinski definition) is 2. The summed E-state index contributed by atoms with van der Waals surface area (Å²) >= 11 is 0. The fraction of sp³-hybridized carbons (Fsp3) is 0.929. The highest BCUT2D eigenvalue weighted by molar-refractivity contribution is 5.85. The van der Waals surface area contributed by atoms with Crippen LogP contribution in [0, 0.1) is 11.3 Å². The molecular weight excluding hydrogens is 212 g/mol. The van der Waals surface area contributed by atoms with E-state index in [9.17, 15) is 4.79 Å². The first-order chi connectivity index (χ1) is 8.22. The van der Waals surface area contributed by atoms with Gasteiger partial charge in [0.15, 0.2) is 0 Å². The predicted molar refractivity (Wildman–Crippen MR) is 69.8 cm³/mol. The summed E-state index contributed by atoms with van der Waals surface area (Å²) in [5, 5.41) is 3.41. The van der Waals surface area contributed by atoms with Crippen LogP contribution >= 0.6 is 0 Å². The van der Waals surface area contributed by atoms with Crippen LogP contribution in [0.2, 0.25) is 0 Å². The molecule has 1 saturated heterocycles. The third kappa shape index (κ3) is 2.82. The molecule has 1 saturated carbocycles. The molecule has 0 unspecified atom stereocenters. The maximum atomic E-state index is 12.3. The predicted octanol–water partition coefficient (Wildman–Crippen LogP) is 2.02. The number of piperidine rings is 1. The molecule has 0 spiro atoms. The number of amides is 1. The fourth-order valence-electron chi connectivity index (χ4n) is 2.89. The molecule has 1 heterocycles. The second-order valence-electron chi connectivity index (χ2n) is 5.68. The molecule has 0 bridgehead atoms. The van der Waals surface area contributed by atoms with Gasteiger partial charge in [0.05, 0.1) is 0 Å². The summed E-state index contributed by atoms with van der Waals surface area (Å²) in [6.45, 7) is 8.45. The van der Waals surface area contributed by atoms with Crippen LogP contribution in [0.15, 0.2) is 0 Å². The summed E-state index contributed by atoms with van der Waals surface area (Å²) in [5.74, 6) is 1.22. The summed E-state index contributed by atoms with van der Waals surface area (Å²) in [6, 6.07) is 0. The van der Waals surface area contributed by atoms with Gasteiger partial charge in [-0.25, -0.2) is 0 Å². The van der Waals surface area contributed by atoms with E-state index in [0.29, 0.717) is 5.91 Å². The van der Waals surface area contributed by atoms with E-state index in [0.717, 1.165) is 51.4 Å².